The van der Waals surface area contributed by atoms with Gasteiger partial charge in [-0.2, -0.15) is 0 Å². The quantitative estimate of drug-likeness (QED) is 0.590. The van der Waals surface area contributed by atoms with E-state index in [1.807, 2.05) is 6.92 Å². The number of carbonyl (C=O) groups excluding carboxylic acids is 1. The predicted molar refractivity (Wildman–Crippen MR) is 55.2 cm³/mol. The zero-order valence-corrected chi connectivity index (χ0v) is 8.95. The Balaban J connectivity index is 2.38. The van der Waals surface area contributed by atoms with E-state index in [2.05, 4.69) is 5.32 Å². The molecule has 0 aromatic rings. The van der Waals surface area contributed by atoms with Gasteiger partial charge in [0.05, 0.1) is 6.04 Å². The number of hydrogen-bond acceptors (Lipinski definition) is 3. The van der Waals surface area contributed by atoms with Crippen molar-refractivity contribution in [2.45, 2.75) is 50.6 Å². The van der Waals surface area contributed by atoms with E-state index in [0.717, 1.165) is 12.8 Å². The fourth-order valence-corrected chi connectivity index (χ4v) is 1.40. The first kappa shape index (κ1) is 12.0. The van der Waals surface area contributed by atoms with E-state index >= 15 is 0 Å². The Morgan fingerprint density at radius 3 is 2.53 bits per heavy atom. The van der Waals surface area contributed by atoms with Crippen LogP contribution in [0.4, 0.5) is 0 Å². The molecule has 1 saturated carbocycles. The monoisotopic (exact) mass is 214 g/mol. The number of rotatable bonds is 6. The van der Waals surface area contributed by atoms with Crippen LogP contribution in [0.15, 0.2) is 0 Å². The summed E-state index contributed by atoms with van der Waals surface area (Å²) in [7, 11) is 0. The fourth-order valence-electron chi connectivity index (χ4n) is 1.40. The molecule has 1 amide bonds. The number of amides is 1. The SMILES string of the molecule is CCCC[C@H](N)C(=O)NC1(C(=O)O)CC1. The van der Waals surface area contributed by atoms with E-state index in [1.165, 1.54) is 0 Å². The van der Waals surface area contributed by atoms with Gasteiger partial charge in [0.1, 0.15) is 5.54 Å². The molecular weight excluding hydrogens is 196 g/mol. The van der Waals surface area contributed by atoms with Crippen molar-refractivity contribution in [2.75, 3.05) is 0 Å². The number of aliphatic carboxylic acids is 1. The molecule has 0 bridgehead atoms. The molecule has 0 radical (unpaired) electrons. The normalized spacial score (nSPS) is 19.3. The molecule has 0 saturated heterocycles. The van der Waals surface area contributed by atoms with Crippen LogP contribution in [0.5, 0.6) is 0 Å². The van der Waals surface area contributed by atoms with Gasteiger partial charge in [-0.15, -0.1) is 0 Å². The van der Waals surface area contributed by atoms with E-state index < -0.39 is 17.6 Å². The predicted octanol–water partition coefficient (Wildman–Crippen LogP) is 0.237. The van der Waals surface area contributed by atoms with Crippen LogP contribution in [0.2, 0.25) is 0 Å². The van der Waals surface area contributed by atoms with Gasteiger partial charge in [-0.1, -0.05) is 19.8 Å². The first-order valence-corrected chi connectivity index (χ1v) is 5.33. The number of nitrogens with one attached hydrogen (secondary N) is 1. The molecule has 1 rings (SSSR count). The fraction of sp³-hybridized carbons (Fsp3) is 0.800. The highest BCUT2D eigenvalue weighted by Gasteiger charge is 2.51. The van der Waals surface area contributed by atoms with E-state index in [-0.39, 0.29) is 5.91 Å². The molecule has 0 spiro atoms. The van der Waals surface area contributed by atoms with Gasteiger partial charge >= 0.3 is 5.97 Å². The van der Waals surface area contributed by atoms with E-state index in [1.54, 1.807) is 0 Å². The molecule has 15 heavy (non-hydrogen) atoms. The lowest BCUT2D eigenvalue weighted by Gasteiger charge is -2.16. The Hall–Kier alpha value is -1.10. The summed E-state index contributed by atoms with van der Waals surface area (Å²) in [6.45, 7) is 2.02. The van der Waals surface area contributed by atoms with Gasteiger partial charge in [-0.05, 0) is 19.3 Å². The van der Waals surface area contributed by atoms with Gasteiger partial charge in [-0.25, -0.2) is 4.79 Å². The highest BCUT2D eigenvalue weighted by Crippen LogP contribution is 2.35. The van der Waals surface area contributed by atoms with Crippen LogP contribution in [0, 0.1) is 0 Å². The first-order valence-electron chi connectivity index (χ1n) is 5.33. The second-order valence-corrected chi connectivity index (χ2v) is 4.13. The zero-order valence-electron chi connectivity index (χ0n) is 8.95. The average Bonchev–Trinajstić information content (AvgIpc) is 2.95. The third kappa shape index (κ3) is 2.92. The third-order valence-electron chi connectivity index (χ3n) is 2.73. The van der Waals surface area contributed by atoms with Crippen molar-refractivity contribution in [3.8, 4) is 0 Å². The molecule has 0 aromatic heterocycles. The van der Waals surface area contributed by atoms with Gasteiger partial charge in [0.15, 0.2) is 0 Å². The topological polar surface area (TPSA) is 92.4 Å². The molecule has 4 N–H and O–H groups in total. The van der Waals surface area contributed by atoms with Gasteiger partial charge in [0.2, 0.25) is 5.91 Å². The van der Waals surface area contributed by atoms with Crippen molar-refractivity contribution in [3.05, 3.63) is 0 Å². The molecule has 1 fully saturated rings. The Labute approximate surface area is 89.0 Å². The zero-order chi connectivity index (χ0) is 11.5. The molecule has 1 aliphatic rings. The molecule has 0 aromatic carbocycles. The Kier molecular flexibility index (Phi) is 3.68. The maximum atomic E-state index is 11.5. The number of nitrogens with two attached hydrogens (primary N) is 1. The number of carboxylic acids is 1. The minimum absolute atomic E-state index is 0.344. The molecule has 1 aliphatic carbocycles. The van der Waals surface area contributed by atoms with Crippen LogP contribution in [0.1, 0.15) is 39.0 Å². The van der Waals surface area contributed by atoms with Crippen molar-refractivity contribution in [1.29, 1.82) is 0 Å². The van der Waals surface area contributed by atoms with Gasteiger partial charge < -0.3 is 16.2 Å². The summed E-state index contributed by atoms with van der Waals surface area (Å²) in [6.07, 6.45) is 3.49. The van der Waals surface area contributed by atoms with Crippen LogP contribution >= 0.6 is 0 Å². The summed E-state index contributed by atoms with van der Waals surface area (Å²) in [5.74, 6) is -1.30. The smallest absolute Gasteiger partial charge is 0.329 e. The lowest BCUT2D eigenvalue weighted by molar-refractivity contribution is -0.143. The van der Waals surface area contributed by atoms with Crippen molar-refractivity contribution in [2.24, 2.45) is 5.73 Å². The standard InChI is InChI=1S/C10H18N2O3/c1-2-3-4-7(11)8(13)12-10(5-6-10)9(14)15/h7H,2-6,11H2,1H3,(H,12,13)(H,14,15)/t7-/m0/s1. The second kappa shape index (κ2) is 4.61. The van der Waals surface area contributed by atoms with Crippen molar-refractivity contribution >= 4 is 11.9 Å². The number of unbranched alkanes of at least 4 members (excludes halogenated alkanes) is 1. The summed E-state index contributed by atoms with van der Waals surface area (Å²) in [5.41, 5.74) is 4.62. The number of carbonyl (C=O) groups is 2. The molecule has 0 unspecified atom stereocenters. The van der Waals surface area contributed by atoms with Crippen LogP contribution in [-0.4, -0.2) is 28.6 Å². The number of hydrogen-bond donors (Lipinski definition) is 3. The molecule has 1 atom stereocenters. The van der Waals surface area contributed by atoms with Crippen LogP contribution < -0.4 is 11.1 Å². The second-order valence-electron chi connectivity index (χ2n) is 4.13. The Morgan fingerprint density at radius 1 is 1.53 bits per heavy atom. The minimum Gasteiger partial charge on any atom is -0.480 e. The average molecular weight is 214 g/mol. The minimum atomic E-state index is -1.01. The lowest BCUT2D eigenvalue weighted by atomic mass is 10.1. The Bertz CT molecular complexity index is 261. The maximum Gasteiger partial charge on any atom is 0.329 e. The summed E-state index contributed by atoms with van der Waals surface area (Å²) < 4.78 is 0. The molecular formula is C10H18N2O3. The van der Waals surface area contributed by atoms with Crippen LogP contribution in [-0.2, 0) is 9.59 Å². The van der Waals surface area contributed by atoms with Crippen molar-refractivity contribution in [3.63, 3.8) is 0 Å². The lowest BCUT2D eigenvalue weighted by Crippen LogP contribution is -2.50. The molecule has 5 nitrogen and oxygen atoms in total. The Morgan fingerprint density at radius 2 is 2.13 bits per heavy atom. The van der Waals surface area contributed by atoms with Crippen molar-refractivity contribution in [1.82, 2.24) is 5.32 Å². The largest absolute Gasteiger partial charge is 0.480 e. The number of carboxylic acid groups (broad SMARTS) is 1. The summed E-state index contributed by atoms with van der Waals surface area (Å²) in [5, 5.41) is 11.4. The summed E-state index contributed by atoms with van der Waals surface area (Å²) >= 11 is 0. The van der Waals surface area contributed by atoms with Crippen molar-refractivity contribution < 1.29 is 14.7 Å². The third-order valence-corrected chi connectivity index (χ3v) is 2.73. The van der Waals surface area contributed by atoms with Gasteiger partial charge in [-0.3, -0.25) is 4.79 Å². The van der Waals surface area contributed by atoms with Crippen LogP contribution in [0.3, 0.4) is 0 Å². The summed E-state index contributed by atoms with van der Waals surface area (Å²) in [6, 6.07) is -0.582. The van der Waals surface area contributed by atoms with E-state index in [9.17, 15) is 9.59 Å². The molecule has 5 heteroatoms. The summed E-state index contributed by atoms with van der Waals surface area (Å²) in [4.78, 5) is 22.3. The highest BCUT2D eigenvalue weighted by molar-refractivity contribution is 5.91. The van der Waals surface area contributed by atoms with E-state index in [0.29, 0.717) is 19.3 Å². The highest BCUT2D eigenvalue weighted by atomic mass is 16.4. The van der Waals surface area contributed by atoms with Crippen LogP contribution in [0.25, 0.3) is 0 Å². The molecule has 0 heterocycles. The van der Waals surface area contributed by atoms with Gasteiger partial charge in [0.25, 0.3) is 0 Å². The van der Waals surface area contributed by atoms with Gasteiger partial charge in [0, 0.05) is 0 Å². The molecule has 86 valence electrons. The van der Waals surface area contributed by atoms with E-state index in [4.69, 9.17) is 10.8 Å². The first-order chi connectivity index (χ1) is 7.02. The maximum absolute atomic E-state index is 11.5. The molecule has 0 aliphatic heterocycles.